The van der Waals surface area contributed by atoms with Crippen LogP contribution in [0.1, 0.15) is 65.4 Å². The zero-order chi connectivity index (χ0) is 29.6. The number of amides is 1. The van der Waals surface area contributed by atoms with E-state index in [0.29, 0.717) is 12.0 Å². The summed E-state index contributed by atoms with van der Waals surface area (Å²) in [7, 11) is 1.38. The Kier molecular flexibility index (Phi) is 11.0. The summed E-state index contributed by atoms with van der Waals surface area (Å²) in [6.45, 7) is 11.9. The highest BCUT2D eigenvalue weighted by atomic mass is 19.4. The molecule has 2 heterocycles. The van der Waals surface area contributed by atoms with Crippen LogP contribution in [0.2, 0.25) is 0 Å². The van der Waals surface area contributed by atoms with E-state index in [2.05, 4.69) is 31.0 Å². The van der Waals surface area contributed by atoms with Gasteiger partial charge in [-0.3, -0.25) is 14.4 Å². The number of carbonyl (C=O) groups excluding carboxylic acids is 1. The van der Waals surface area contributed by atoms with Crippen molar-refractivity contribution in [2.45, 2.75) is 72.0 Å². The normalized spacial score (nSPS) is 22.9. The Labute approximate surface area is 228 Å². The van der Waals surface area contributed by atoms with E-state index in [1.165, 1.54) is 25.6 Å². The Morgan fingerprint density at radius 2 is 1.64 bits per heavy atom. The Balaban J connectivity index is 0.000000306. The molecule has 2 atom stereocenters. The number of halogens is 3. The molecule has 0 aromatic heterocycles. The molecule has 39 heavy (non-hydrogen) atoms. The number of piperidine rings is 2. The second-order valence-corrected chi connectivity index (χ2v) is 11.9. The van der Waals surface area contributed by atoms with Crippen molar-refractivity contribution >= 4 is 23.5 Å². The third-order valence-corrected chi connectivity index (χ3v) is 7.52. The summed E-state index contributed by atoms with van der Waals surface area (Å²) in [5.74, 6) is -2.55. The van der Waals surface area contributed by atoms with Crippen molar-refractivity contribution in [2.75, 3.05) is 38.1 Å². The summed E-state index contributed by atoms with van der Waals surface area (Å²) < 4.78 is 37.8. The number of hydrogen-bond acceptors (Lipinski definition) is 5. The number of carbonyl (C=O) groups is 3. The van der Waals surface area contributed by atoms with Crippen LogP contribution in [-0.2, 0) is 20.6 Å². The number of benzene rings is 1. The summed E-state index contributed by atoms with van der Waals surface area (Å²) in [6.07, 6.45) is -1.37. The second-order valence-electron chi connectivity index (χ2n) is 11.9. The number of carboxylic acid groups (broad SMARTS) is 2. The highest BCUT2D eigenvalue weighted by molar-refractivity contribution is 6.09. The zero-order valence-electron chi connectivity index (χ0n) is 23.5. The lowest BCUT2D eigenvalue weighted by molar-refractivity contribution is -0.157. The molecule has 2 saturated heterocycles. The fraction of sp³-hybridized carbons (Fsp3) is 0.679. The lowest BCUT2D eigenvalue weighted by Crippen LogP contribution is -2.55. The number of alkyl halides is 3. The first-order valence-electron chi connectivity index (χ1n) is 13.3. The molecular weight excluding hydrogens is 515 g/mol. The number of nitrogens with zero attached hydrogens (tertiary/aromatic N) is 2. The fourth-order valence-electron chi connectivity index (χ4n) is 4.92. The van der Waals surface area contributed by atoms with Crippen LogP contribution >= 0.6 is 0 Å². The molecule has 2 fully saturated rings. The van der Waals surface area contributed by atoms with Gasteiger partial charge in [-0.2, -0.15) is 13.2 Å². The molecule has 2 aliphatic heterocycles. The Hall–Kier alpha value is -2.66. The number of likely N-dealkylation sites (tertiary alicyclic amines) is 1. The quantitative estimate of drug-likeness (QED) is 0.434. The minimum Gasteiger partial charge on any atom is -0.481 e. The van der Waals surface area contributed by atoms with Crippen LogP contribution in [-0.4, -0.2) is 72.2 Å². The van der Waals surface area contributed by atoms with Gasteiger partial charge < -0.3 is 25.3 Å². The first-order valence-corrected chi connectivity index (χ1v) is 13.3. The standard InChI is InChI=1S/C16H19F3N2O3.C12H23NO2/c1-10-9-15(14(23)24,7-8-20-10)13(22)21(2)12-5-3-11(4-6-12)16(17,18)19;1-12(2,3)6-9-13-7-4-10(5-8-13)11(14)15/h3-6,10,20H,7-9H2,1-2H3,(H,23,24);10H,4-9H2,1-3H3,(H,14,15). The topological polar surface area (TPSA) is 110 Å². The fourth-order valence-corrected chi connectivity index (χ4v) is 4.92. The van der Waals surface area contributed by atoms with Crippen LogP contribution in [0.25, 0.3) is 0 Å². The van der Waals surface area contributed by atoms with Gasteiger partial charge in [0.25, 0.3) is 0 Å². The maximum Gasteiger partial charge on any atom is 0.416 e. The molecule has 0 radical (unpaired) electrons. The summed E-state index contributed by atoms with van der Waals surface area (Å²) >= 11 is 0. The van der Waals surface area contributed by atoms with E-state index in [-0.39, 0.29) is 30.5 Å². The van der Waals surface area contributed by atoms with Gasteiger partial charge in [-0.05, 0) is 94.9 Å². The molecule has 11 heteroatoms. The van der Waals surface area contributed by atoms with Crippen molar-refractivity contribution in [3.8, 4) is 0 Å². The largest absolute Gasteiger partial charge is 0.481 e. The van der Waals surface area contributed by atoms with Crippen LogP contribution < -0.4 is 10.2 Å². The highest BCUT2D eigenvalue weighted by Gasteiger charge is 2.50. The van der Waals surface area contributed by atoms with E-state index in [4.69, 9.17) is 5.11 Å². The van der Waals surface area contributed by atoms with Crippen molar-refractivity contribution in [1.29, 1.82) is 0 Å². The Morgan fingerprint density at radius 1 is 1.08 bits per heavy atom. The van der Waals surface area contributed by atoms with Gasteiger partial charge in [-0.1, -0.05) is 20.8 Å². The molecule has 2 unspecified atom stereocenters. The van der Waals surface area contributed by atoms with Crippen LogP contribution in [0, 0.1) is 16.7 Å². The first-order chi connectivity index (χ1) is 18.0. The molecule has 1 aromatic carbocycles. The highest BCUT2D eigenvalue weighted by Crippen LogP contribution is 2.36. The number of aliphatic carboxylic acids is 2. The molecule has 0 aliphatic carbocycles. The van der Waals surface area contributed by atoms with Gasteiger partial charge in [0.2, 0.25) is 5.91 Å². The molecule has 1 amide bonds. The van der Waals surface area contributed by atoms with Gasteiger partial charge in [0.05, 0.1) is 11.5 Å². The number of hydrogen-bond donors (Lipinski definition) is 3. The average Bonchev–Trinajstić information content (AvgIpc) is 2.86. The molecule has 220 valence electrons. The Bertz CT molecular complexity index is 986. The summed E-state index contributed by atoms with van der Waals surface area (Å²) in [5.41, 5.74) is -1.79. The summed E-state index contributed by atoms with van der Waals surface area (Å²) in [6, 6.07) is 3.94. The molecule has 0 spiro atoms. The maximum atomic E-state index is 12.8. The maximum absolute atomic E-state index is 12.8. The molecule has 0 bridgehead atoms. The first kappa shape index (κ1) is 32.6. The van der Waals surface area contributed by atoms with Crippen molar-refractivity contribution in [3.63, 3.8) is 0 Å². The SMILES string of the molecule is CC(C)(C)CCN1CCC(C(=O)O)CC1.CC1CC(C(=O)O)(C(=O)N(C)c2ccc(C(F)(F)F)cc2)CCN1. The summed E-state index contributed by atoms with van der Waals surface area (Å²) in [4.78, 5) is 38.8. The van der Waals surface area contributed by atoms with Crippen molar-refractivity contribution in [2.24, 2.45) is 16.7 Å². The summed E-state index contributed by atoms with van der Waals surface area (Å²) in [5, 5.41) is 21.6. The van der Waals surface area contributed by atoms with Crippen LogP contribution in [0.15, 0.2) is 24.3 Å². The smallest absolute Gasteiger partial charge is 0.416 e. The molecule has 2 aliphatic rings. The number of carboxylic acids is 2. The van der Waals surface area contributed by atoms with Gasteiger partial charge in [-0.25, -0.2) is 0 Å². The lowest BCUT2D eigenvalue weighted by Gasteiger charge is -2.38. The van der Waals surface area contributed by atoms with Gasteiger partial charge in [-0.15, -0.1) is 0 Å². The molecule has 8 nitrogen and oxygen atoms in total. The Morgan fingerprint density at radius 3 is 2.08 bits per heavy atom. The van der Waals surface area contributed by atoms with E-state index in [9.17, 15) is 32.7 Å². The average molecular weight is 558 g/mol. The van der Waals surface area contributed by atoms with Crippen LogP contribution in [0.3, 0.4) is 0 Å². The molecule has 3 N–H and O–H groups in total. The predicted molar refractivity (Wildman–Crippen MR) is 142 cm³/mol. The van der Waals surface area contributed by atoms with Crippen molar-refractivity contribution in [3.05, 3.63) is 29.8 Å². The molecular formula is C28H42F3N3O5. The lowest BCUT2D eigenvalue weighted by atomic mass is 9.75. The molecule has 3 rings (SSSR count). The van der Waals surface area contributed by atoms with E-state index in [1.54, 1.807) is 6.92 Å². The monoisotopic (exact) mass is 557 g/mol. The number of nitrogens with one attached hydrogen (secondary N) is 1. The minimum absolute atomic E-state index is 0.101. The van der Waals surface area contributed by atoms with E-state index >= 15 is 0 Å². The number of anilines is 1. The van der Waals surface area contributed by atoms with E-state index in [1.807, 2.05) is 0 Å². The van der Waals surface area contributed by atoms with Crippen molar-refractivity contribution < 1.29 is 37.8 Å². The molecule has 1 aromatic rings. The number of rotatable bonds is 6. The van der Waals surface area contributed by atoms with Crippen LogP contribution in [0.5, 0.6) is 0 Å². The third-order valence-electron chi connectivity index (χ3n) is 7.52. The van der Waals surface area contributed by atoms with E-state index < -0.39 is 35.0 Å². The third kappa shape index (κ3) is 9.20. The van der Waals surface area contributed by atoms with E-state index in [0.717, 1.165) is 49.5 Å². The van der Waals surface area contributed by atoms with Gasteiger partial charge in [0.1, 0.15) is 5.41 Å². The van der Waals surface area contributed by atoms with Crippen LogP contribution in [0.4, 0.5) is 18.9 Å². The van der Waals surface area contributed by atoms with Gasteiger partial charge in [0, 0.05) is 18.8 Å². The predicted octanol–water partition coefficient (Wildman–Crippen LogP) is 4.73. The van der Waals surface area contributed by atoms with Gasteiger partial charge in [0.15, 0.2) is 0 Å². The van der Waals surface area contributed by atoms with Gasteiger partial charge >= 0.3 is 18.1 Å². The van der Waals surface area contributed by atoms with Crippen molar-refractivity contribution in [1.82, 2.24) is 10.2 Å². The zero-order valence-corrected chi connectivity index (χ0v) is 23.5. The second kappa shape index (κ2) is 13.1. The minimum atomic E-state index is -4.46. The molecule has 0 saturated carbocycles.